The van der Waals surface area contributed by atoms with E-state index in [0.717, 1.165) is 43.2 Å². The van der Waals surface area contributed by atoms with Gasteiger partial charge in [0.05, 0.1) is 16.7 Å². The fraction of sp³-hybridized carbons (Fsp3) is 0.143. The van der Waals surface area contributed by atoms with Crippen LogP contribution >= 0.6 is 58.3 Å². The van der Waals surface area contributed by atoms with Crippen LogP contribution in [0.1, 0.15) is 0 Å². The van der Waals surface area contributed by atoms with Gasteiger partial charge in [-0.05, 0) is 72.1 Å². The highest BCUT2D eigenvalue weighted by molar-refractivity contribution is 7.99. The van der Waals surface area contributed by atoms with E-state index in [-0.39, 0.29) is 10.6 Å². The Morgan fingerprint density at radius 3 is 1.83 bits per heavy atom. The first-order valence-corrected chi connectivity index (χ1v) is 15.7. The number of aryl methyl sites for hydroxylation is 2. The lowest BCUT2D eigenvalue weighted by atomic mass is 10.3. The van der Waals surface area contributed by atoms with Crippen molar-refractivity contribution in [1.82, 2.24) is 29.1 Å². The molecule has 0 bridgehead atoms. The van der Waals surface area contributed by atoms with Gasteiger partial charge in [-0.1, -0.05) is 35.9 Å². The average molecular weight is 646 g/mol. The quantitative estimate of drug-likeness (QED) is 0.0854. The van der Waals surface area contributed by atoms with E-state index in [1.807, 2.05) is 103 Å². The predicted molar refractivity (Wildman–Crippen MR) is 176 cm³/mol. The average Bonchev–Trinajstić information content (AvgIpc) is 3.51. The summed E-state index contributed by atoms with van der Waals surface area (Å²) in [6.45, 7) is 0. The van der Waals surface area contributed by atoms with E-state index in [0.29, 0.717) is 11.0 Å². The fourth-order valence-corrected chi connectivity index (χ4v) is 5.69. The molecule has 0 saturated carbocycles. The summed E-state index contributed by atoms with van der Waals surface area (Å²) in [5.41, 5.74) is 10.8. The Labute approximate surface area is 261 Å². The van der Waals surface area contributed by atoms with Gasteiger partial charge >= 0.3 is 0 Å². The highest BCUT2D eigenvalue weighted by Crippen LogP contribution is 2.31. The van der Waals surface area contributed by atoms with Crippen LogP contribution in [-0.4, -0.2) is 41.6 Å². The second kappa shape index (κ2) is 14.2. The van der Waals surface area contributed by atoms with Crippen molar-refractivity contribution in [3.8, 4) is 0 Å². The van der Waals surface area contributed by atoms with E-state index in [2.05, 4.69) is 31.3 Å². The maximum absolute atomic E-state index is 6.00. The number of nitrogens with zero attached hydrogens (tertiary/aromatic N) is 6. The molecule has 4 aromatic heterocycles. The molecule has 0 unspecified atom stereocenters. The summed E-state index contributed by atoms with van der Waals surface area (Å²) in [5, 5.41) is 4.17. The van der Waals surface area contributed by atoms with Crippen molar-refractivity contribution in [2.24, 2.45) is 14.1 Å². The van der Waals surface area contributed by atoms with Gasteiger partial charge in [-0.25, -0.2) is 15.0 Å². The molecule has 6 aromatic rings. The van der Waals surface area contributed by atoms with E-state index in [4.69, 9.17) is 40.5 Å². The lowest BCUT2D eigenvalue weighted by Crippen LogP contribution is -2.00. The Morgan fingerprint density at radius 2 is 1.22 bits per heavy atom. The van der Waals surface area contributed by atoms with Gasteiger partial charge in [-0.3, -0.25) is 0 Å². The molecule has 0 atom stereocenters. The number of benzene rings is 2. The molecule has 0 aliphatic heterocycles. The minimum Gasteiger partial charge on any atom is -0.398 e. The molecule has 13 heteroatoms. The van der Waals surface area contributed by atoms with Crippen LogP contribution in [0.5, 0.6) is 0 Å². The van der Waals surface area contributed by atoms with Crippen molar-refractivity contribution in [3.05, 3.63) is 88.8 Å². The first-order chi connectivity index (χ1) is 19.7. The van der Waals surface area contributed by atoms with Crippen LogP contribution < -0.4 is 11.1 Å². The number of para-hydroxylation sites is 2. The third-order valence-electron chi connectivity index (χ3n) is 5.84. The molecule has 6 rings (SSSR count). The fourth-order valence-electron chi connectivity index (χ4n) is 3.91. The number of fused-ring (bicyclic) bond motifs is 2. The number of anilines is 3. The van der Waals surface area contributed by atoms with Crippen molar-refractivity contribution < 1.29 is 0 Å². The van der Waals surface area contributed by atoms with Gasteiger partial charge in [-0.2, -0.15) is 4.98 Å². The van der Waals surface area contributed by atoms with Crippen LogP contribution in [0.25, 0.3) is 22.1 Å². The van der Waals surface area contributed by atoms with E-state index < -0.39 is 0 Å². The van der Waals surface area contributed by atoms with Crippen LogP contribution in [0.4, 0.5) is 17.2 Å². The number of halogens is 3. The number of nitrogens with two attached hydrogens (primary N) is 1. The topological polar surface area (TPSA) is 99.5 Å². The molecule has 3 N–H and O–H groups in total. The maximum Gasteiger partial charge on any atom is 0.225 e. The number of rotatable bonds is 4. The first-order valence-electron chi connectivity index (χ1n) is 12.1. The second-order valence-corrected chi connectivity index (χ2v) is 11.2. The smallest absolute Gasteiger partial charge is 0.225 e. The second-order valence-electron chi connectivity index (χ2n) is 8.51. The molecule has 0 fully saturated rings. The van der Waals surface area contributed by atoms with Crippen molar-refractivity contribution in [1.29, 1.82) is 0 Å². The zero-order chi connectivity index (χ0) is 29.5. The number of nitrogen functional groups attached to an aromatic ring is 1. The molecular weight excluding hydrogens is 619 g/mol. The van der Waals surface area contributed by atoms with Gasteiger partial charge in [-0.15, -0.1) is 23.5 Å². The number of hydrogen-bond donors (Lipinski definition) is 2. The number of nitrogens with one attached hydrogen (secondary N) is 1. The summed E-state index contributed by atoms with van der Waals surface area (Å²) in [5.74, 6) is 0.717. The van der Waals surface area contributed by atoms with Crippen molar-refractivity contribution >= 4 is 97.6 Å². The third kappa shape index (κ3) is 7.58. The van der Waals surface area contributed by atoms with Gasteiger partial charge in [0.1, 0.15) is 11.0 Å². The minimum absolute atomic E-state index is 0.179. The lowest BCUT2D eigenvalue weighted by Gasteiger charge is -2.11. The summed E-state index contributed by atoms with van der Waals surface area (Å²) < 4.78 is 3.84. The van der Waals surface area contributed by atoms with Crippen molar-refractivity contribution in [3.63, 3.8) is 0 Å². The predicted octanol–water partition coefficient (Wildman–Crippen LogP) is 8.35. The van der Waals surface area contributed by atoms with E-state index >= 15 is 0 Å². The van der Waals surface area contributed by atoms with Gasteiger partial charge in [0.15, 0.2) is 11.0 Å². The van der Waals surface area contributed by atoms with Crippen LogP contribution in [-0.2, 0) is 14.1 Å². The van der Waals surface area contributed by atoms with Gasteiger partial charge < -0.3 is 20.2 Å². The summed E-state index contributed by atoms with van der Waals surface area (Å²) in [4.78, 5) is 18.7. The third-order valence-corrected chi connectivity index (χ3v) is 8.05. The Kier molecular flexibility index (Phi) is 10.6. The van der Waals surface area contributed by atoms with Crippen LogP contribution in [0, 0.1) is 0 Å². The molecule has 41 heavy (non-hydrogen) atoms. The molecule has 0 radical (unpaired) electrons. The molecule has 2 aromatic carbocycles. The van der Waals surface area contributed by atoms with Crippen molar-refractivity contribution in [2.45, 2.75) is 9.79 Å². The molecule has 0 aliphatic rings. The summed E-state index contributed by atoms with van der Waals surface area (Å²) in [6, 6.07) is 19.7. The largest absolute Gasteiger partial charge is 0.398 e. The zero-order valence-corrected chi connectivity index (χ0v) is 26.5. The Morgan fingerprint density at radius 1 is 0.683 bits per heavy atom. The molecule has 0 aliphatic carbocycles. The van der Waals surface area contributed by atoms with Crippen LogP contribution in [0.15, 0.2) is 82.8 Å². The highest BCUT2D eigenvalue weighted by Gasteiger charge is 2.12. The van der Waals surface area contributed by atoms with Gasteiger partial charge in [0, 0.05) is 42.0 Å². The Bertz CT molecular complexity index is 1790. The van der Waals surface area contributed by atoms with E-state index in [1.165, 1.54) is 0 Å². The SMILES string of the molecule is CSc1ccccc1N.CSc1ccccc1Nc1nc(Cl)nc2ccn(C)c12.Cn1ccc2nc(Cl)nc(Cl)c21. The van der Waals surface area contributed by atoms with Gasteiger partial charge in [0.2, 0.25) is 10.6 Å². The molecule has 0 amide bonds. The molecule has 0 spiro atoms. The standard InChI is InChI=1S/C14H13ClN4S.C7H5Cl2N3.C7H9NS/c1-19-8-7-10-12(19)13(18-14(15)17-10)16-9-5-3-4-6-11(9)20-2;1-12-3-2-4-5(12)6(8)11-7(9)10-4;1-9-7-5-3-2-4-6(7)8/h3-8H,1-2H3,(H,16,17,18);2-3H,1H3;2-5H,8H2,1H3. The highest BCUT2D eigenvalue weighted by atomic mass is 35.5. The summed E-state index contributed by atoms with van der Waals surface area (Å²) in [6.07, 6.45) is 7.88. The van der Waals surface area contributed by atoms with Crippen molar-refractivity contribution in [2.75, 3.05) is 23.6 Å². The number of hydrogen-bond acceptors (Lipinski definition) is 8. The zero-order valence-electron chi connectivity index (χ0n) is 22.6. The maximum atomic E-state index is 6.00. The van der Waals surface area contributed by atoms with E-state index in [9.17, 15) is 0 Å². The van der Waals surface area contributed by atoms with Crippen LogP contribution in [0.3, 0.4) is 0 Å². The first kappa shape index (κ1) is 30.8. The summed E-state index contributed by atoms with van der Waals surface area (Å²) >= 11 is 20.8. The number of thioether (sulfide) groups is 2. The molecule has 212 valence electrons. The molecule has 0 saturated heterocycles. The Hall–Kier alpha value is -3.15. The Balaban J connectivity index is 0.000000156. The van der Waals surface area contributed by atoms with Gasteiger partial charge in [0.25, 0.3) is 0 Å². The minimum atomic E-state index is 0.179. The molecule has 8 nitrogen and oxygen atoms in total. The van der Waals surface area contributed by atoms with E-state index in [1.54, 1.807) is 23.5 Å². The number of aromatic nitrogens is 6. The molecule has 4 heterocycles. The summed E-state index contributed by atoms with van der Waals surface area (Å²) in [7, 11) is 3.84. The lowest BCUT2D eigenvalue weighted by molar-refractivity contribution is 0.963. The monoisotopic (exact) mass is 644 g/mol. The normalized spacial score (nSPS) is 10.6. The van der Waals surface area contributed by atoms with Crippen LogP contribution in [0.2, 0.25) is 15.7 Å². The molecular formula is C28H27Cl3N8S2.